The number of phenols is 1. The first-order valence-corrected chi connectivity index (χ1v) is 7.92. The number of H-pyrrole nitrogens is 1. The summed E-state index contributed by atoms with van der Waals surface area (Å²) in [6, 6.07) is 5.65. The first-order valence-electron chi connectivity index (χ1n) is 7.92. The average Bonchev–Trinajstić information content (AvgIpc) is 3.31. The van der Waals surface area contributed by atoms with Crippen molar-refractivity contribution in [1.29, 1.82) is 5.26 Å². The van der Waals surface area contributed by atoms with Crippen molar-refractivity contribution in [2.24, 2.45) is 5.92 Å². The van der Waals surface area contributed by atoms with Gasteiger partial charge in [-0.15, -0.1) is 0 Å². The number of carbonyl (C=O) groups is 1. The number of halogens is 1. The number of fused-ring (bicyclic) bond motifs is 1. The van der Waals surface area contributed by atoms with E-state index >= 15 is 0 Å². The highest BCUT2D eigenvalue weighted by Crippen LogP contribution is 2.52. The number of phenolic OH excluding ortho intramolecular Hbond substituents is 1. The van der Waals surface area contributed by atoms with E-state index in [-0.39, 0.29) is 28.5 Å². The maximum Gasteiger partial charge on any atom is 0.307 e. The summed E-state index contributed by atoms with van der Waals surface area (Å²) in [6.07, 6.45) is 0.408. The first kappa shape index (κ1) is 16.0. The summed E-state index contributed by atoms with van der Waals surface area (Å²) in [6.45, 7) is 1.76. The summed E-state index contributed by atoms with van der Waals surface area (Å²) in [5.74, 6) is -2.82. The van der Waals surface area contributed by atoms with Gasteiger partial charge in [-0.3, -0.25) is 9.89 Å². The lowest BCUT2D eigenvalue weighted by Gasteiger charge is -2.11. The van der Waals surface area contributed by atoms with Crippen molar-refractivity contribution in [2.45, 2.75) is 19.3 Å². The van der Waals surface area contributed by atoms with Gasteiger partial charge in [-0.1, -0.05) is 0 Å². The van der Waals surface area contributed by atoms with Crippen LogP contribution in [0, 0.1) is 30.0 Å². The number of nitriles is 1. The molecule has 130 valence electrons. The van der Waals surface area contributed by atoms with Crippen molar-refractivity contribution in [1.82, 2.24) is 15.2 Å². The topological polar surface area (TPSA) is 123 Å². The van der Waals surface area contributed by atoms with E-state index in [0.29, 0.717) is 28.7 Å². The van der Waals surface area contributed by atoms with Crippen molar-refractivity contribution in [2.75, 3.05) is 0 Å². The van der Waals surface area contributed by atoms with Gasteiger partial charge in [0.2, 0.25) is 0 Å². The van der Waals surface area contributed by atoms with Crippen LogP contribution in [0.15, 0.2) is 18.2 Å². The second-order valence-corrected chi connectivity index (χ2v) is 6.36. The smallest absolute Gasteiger partial charge is 0.307 e. The molecule has 8 heteroatoms. The average molecular weight is 352 g/mol. The molecular formula is C18H13FN4O3. The minimum atomic E-state index is -0.928. The van der Waals surface area contributed by atoms with E-state index in [9.17, 15) is 24.7 Å². The largest absolute Gasteiger partial charge is 0.508 e. The van der Waals surface area contributed by atoms with E-state index in [2.05, 4.69) is 21.3 Å². The highest BCUT2D eigenvalue weighted by atomic mass is 19.1. The molecule has 4 rings (SSSR count). The zero-order chi connectivity index (χ0) is 18.6. The van der Waals surface area contributed by atoms with E-state index in [4.69, 9.17) is 0 Å². The summed E-state index contributed by atoms with van der Waals surface area (Å²) in [4.78, 5) is 15.7. The van der Waals surface area contributed by atoms with E-state index in [0.717, 1.165) is 6.07 Å². The SMILES string of the molecule is Cc1[nH]nc2nc(-c3ccc(O)cc3F)c(C#N)c(C3CC3C(=O)O)c12. The molecule has 2 atom stereocenters. The Morgan fingerprint density at radius 2 is 2.23 bits per heavy atom. The van der Waals surface area contributed by atoms with Crippen LogP contribution in [-0.4, -0.2) is 31.4 Å². The number of carboxylic acids is 1. The third-order valence-corrected chi connectivity index (χ3v) is 4.72. The van der Waals surface area contributed by atoms with Gasteiger partial charge >= 0.3 is 5.97 Å². The number of aromatic hydroxyl groups is 1. The van der Waals surface area contributed by atoms with Crippen molar-refractivity contribution < 1.29 is 19.4 Å². The number of nitrogens with zero attached hydrogens (tertiary/aromatic N) is 3. The lowest BCUT2D eigenvalue weighted by atomic mass is 9.94. The number of carboxylic acid groups (broad SMARTS) is 1. The summed E-state index contributed by atoms with van der Waals surface area (Å²) in [7, 11) is 0. The van der Waals surface area contributed by atoms with Crippen LogP contribution in [0.25, 0.3) is 22.3 Å². The number of aromatic amines is 1. The van der Waals surface area contributed by atoms with E-state index in [1.54, 1.807) is 6.92 Å². The standard InChI is InChI=1S/C18H13FN4O3/c1-7-14-15(10-5-11(10)18(25)26)12(6-20)16(21-17(14)23-22-7)9-3-2-8(24)4-13(9)19/h2-4,10-11,24H,5H2,1H3,(H,25,26)(H,21,22,23). The van der Waals surface area contributed by atoms with Gasteiger partial charge in [0, 0.05) is 28.6 Å². The molecule has 2 unspecified atom stereocenters. The molecule has 1 aliphatic carbocycles. The molecule has 0 saturated heterocycles. The number of pyridine rings is 1. The number of aromatic nitrogens is 3. The minimum absolute atomic E-state index is 0.0516. The van der Waals surface area contributed by atoms with Gasteiger partial charge in [-0.05, 0) is 31.0 Å². The molecule has 0 aliphatic heterocycles. The summed E-state index contributed by atoms with van der Waals surface area (Å²) < 4.78 is 14.4. The van der Waals surface area contributed by atoms with Crippen molar-refractivity contribution in [3.63, 3.8) is 0 Å². The Morgan fingerprint density at radius 3 is 2.85 bits per heavy atom. The normalized spacial score (nSPS) is 18.7. The van der Waals surface area contributed by atoms with Crippen LogP contribution in [-0.2, 0) is 4.79 Å². The predicted octanol–water partition coefficient (Wildman–Crippen LogP) is 2.84. The van der Waals surface area contributed by atoms with Crippen LogP contribution in [0.1, 0.15) is 29.2 Å². The Bertz CT molecular complexity index is 1120. The molecular weight excluding hydrogens is 339 g/mol. The van der Waals surface area contributed by atoms with Gasteiger partial charge in [0.15, 0.2) is 5.65 Å². The number of hydrogen-bond donors (Lipinski definition) is 3. The van der Waals surface area contributed by atoms with Crippen LogP contribution in [0.5, 0.6) is 5.75 Å². The molecule has 1 aromatic carbocycles. The first-order chi connectivity index (χ1) is 12.4. The third-order valence-electron chi connectivity index (χ3n) is 4.72. The Kier molecular flexibility index (Phi) is 3.40. The molecule has 0 amide bonds. The Labute approximate surface area is 146 Å². The second kappa shape index (κ2) is 5.52. The van der Waals surface area contributed by atoms with Crippen LogP contribution >= 0.6 is 0 Å². The van der Waals surface area contributed by atoms with Crippen LogP contribution in [0.2, 0.25) is 0 Å². The number of hydrogen-bond acceptors (Lipinski definition) is 5. The summed E-state index contributed by atoms with van der Waals surface area (Å²) in [5.41, 5.74) is 1.80. The predicted molar refractivity (Wildman–Crippen MR) is 88.9 cm³/mol. The molecule has 3 N–H and O–H groups in total. The molecule has 2 aromatic heterocycles. The summed E-state index contributed by atoms with van der Waals surface area (Å²) >= 11 is 0. The molecule has 3 aromatic rings. The molecule has 0 radical (unpaired) electrons. The zero-order valence-electron chi connectivity index (χ0n) is 13.6. The highest BCUT2D eigenvalue weighted by molar-refractivity contribution is 5.91. The Hall–Kier alpha value is -3.47. The number of aliphatic carboxylic acids is 1. The van der Waals surface area contributed by atoms with Crippen molar-refractivity contribution >= 4 is 17.0 Å². The van der Waals surface area contributed by atoms with Gasteiger partial charge in [-0.2, -0.15) is 10.4 Å². The van der Waals surface area contributed by atoms with Crippen LogP contribution in [0.4, 0.5) is 4.39 Å². The van der Waals surface area contributed by atoms with Gasteiger partial charge in [-0.25, -0.2) is 9.37 Å². The lowest BCUT2D eigenvalue weighted by Crippen LogP contribution is -2.03. The fourth-order valence-corrected chi connectivity index (χ4v) is 3.40. The molecule has 26 heavy (non-hydrogen) atoms. The number of benzene rings is 1. The molecule has 2 heterocycles. The highest BCUT2D eigenvalue weighted by Gasteiger charge is 2.47. The fraction of sp³-hybridized carbons (Fsp3) is 0.222. The van der Waals surface area contributed by atoms with Crippen LogP contribution < -0.4 is 0 Å². The van der Waals surface area contributed by atoms with Crippen molar-refractivity contribution in [3.8, 4) is 23.1 Å². The zero-order valence-corrected chi connectivity index (χ0v) is 13.6. The van der Waals surface area contributed by atoms with E-state index in [1.807, 2.05) is 0 Å². The molecule has 0 bridgehead atoms. The van der Waals surface area contributed by atoms with Gasteiger partial charge in [0.25, 0.3) is 0 Å². The van der Waals surface area contributed by atoms with Crippen molar-refractivity contribution in [3.05, 3.63) is 40.8 Å². The van der Waals surface area contributed by atoms with E-state index in [1.165, 1.54) is 12.1 Å². The maximum absolute atomic E-state index is 14.4. The maximum atomic E-state index is 14.4. The minimum Gasteiger partial charge on any atom is -0.508 e. The monoisotopic (exact) mass is 352 g/mol. The molecule has 7 nitrogen and oxygen atoms in total. The third kappa shape index (κ3) is 2.29. The summed E-state index contributed by atoms with van der Waals surface area (Å²) in [5, 5.41) is 36.0. The Balaban J connectivity index is 2.04. The molecule has 0 spiro atoms. The quantitative estimate of drug-likeness (QED) is 0.666. The van der Waals surface area contributed by atoms with Gasteiger partial charge in [0.05, 0.1) is 17.2 Å². The number of rotatable bonds is 3. The van der Waals surface area contributed by atoms with Crippen LogP contribution in [0.3, 0.4) is 0 Å². The molecule has 1 saturated carbocycles. The number of aryl methyl sites for hydroxylation is 1. The van der Waals surface area contributed by atoms with Gasteiger partial charge in [0.1, 0.15) is 17.6 Å². The fourth-order valence-electron chi connectivity index (χ4n) is 3.40. The van der Waals surface area contributed by atoms with E-state index < -0.39 is 17.7 Å². The Morgan fingerprint density at radius 1 is 1.46 bits per heavy atom. The molecule has 1 aliphatic rings. The second-order valence-electron chi connectivity index (χ2n) is 6.36. The van der Waals surface area contributed by atoms with Gasteiger partial charge < -0.3 is 10.2 Å². The molecule has 1 fully saturated rings. The number of nitrogens with one attached hydrogen (secondary N) is 1. The lowest BCUT2D eigenvalue weighted by molar-refractivity contribution is -0.138.